The summed E-state index contributed by atoms with van der Waals surface area (Å²) in [7, 11) is 0. The van der Waals surface area contributed by atoms with Gasteiger partial charge in [-0.05, 0) is 37.7 Å². The molecule has 2 heterocycles. The van der Waals surface area contributed by atoms with Crippen LogP contribution in [0.4, 0.5) is 5.00 Å². The van der Waals surface area contributed by atoms with Crippen molar-refractivity contribution in [2.75, 3.05) is 11.1 Å². The minimum atomic E-state index is -0.0492. The monoisotopic (exact) mass is 378 g/mol. The summed E-state index contributed by atoms with van der Waals surface area (Å²) in [6.45, 7) is 4.15. The summed E-state index contributed by atoms with van der Waals surface area (Å²) >= 11 is 4.65. The highest BCUT2D eigenvalue weighted by molar-refractivity contribution is 8.01. The van der Waals surface area contributed by atoms with Gasteiger partial charge in [0.1, 0.15) is 16.1 Å². The van der Waals surface area contributed by atoms with Crippen molar-refractivity contribution in [2.45, 2.75) is 43.9 Å². The Bertz CT molecular complexity index is 790. The lowest BCUT2D eigenvalue weighted by atomic mass is 9.89. The van der Waals surface area contributed by atoms with Crippen molar-refractivity contribution in [2.24, 2.45) is 5.92 Å². The number of thiophene rings is 1. The number of thioether (sulfide) groups is 1. The molecule has 3 rings (SSSR count). The van der Waals surface area contributed by atoms with Gasteiger partial charge in [-0.25, -0.2) is 0 Å². The summed E-state index contributed by atoms with van der Waals surface area (Å²) < 4.78 is 0.888. The molecule has 2 aromatic rings. The maximum Gasteiger partial charge on any atom is 0.225 e. The number of hydrogen-bond acceptors (Lipinski definition) is 7. The predicted octanol–water partition coefficient (Wildman–Crippen LogP) is 4.03. The first-order chi connectivity index (χ1) is 11.6. The molecule has 126 valence electrons. The highest BCUT2D eigenvalue weighted by Gasteiger charge is 2.24. The molecule has 0 saturated heterocycles. The molecule has 0 fully saturated rings. The predicted molar refractivity (Wildman–Crippen MR) is 98.8 cm³/mol. The van der Waals surface area contributed by atoms with E-state index in [0.29, 0.717) is 23.7 Å². The van der Waals surface area contributed by atoms with Gasteiger partial charge in [0.2, 0.25) is 5.91 Å². The number of rotatable bonds is 5. The van der Waals surface area contributed by atoms with Crippen molar-refractivity contribution in [3.63, 3.8) is 0 Å². The largest absolute Gasteiger partial charge is 0.317 e. The van der Waals surface area contributed by atoms with Crippen molar-refractivity contribution in [1.82, 2.24) is 10.2 Å². The summed E-state index contributed by atoms with van der Waals surface area (Å²) in [6.07, 6.45) is 3.46. The normalized spacial score (nSPS) is 16.5. The molecule has 0 aromatic carbocycles. The first kappa shape index (κ1) is 17.4. The molecular formula is C16H18N4OS3. The lowest BCUT2D eigenvalue weighted by Gasteiger charge is -2.17. The summed E-state index contributed by atoms with van der Waals surface area (Å²) in [5, 5.41) is 22.0. The summed E-state index contributed by atoms with van der Waals surface area (Å²) in [5.74, 6) is 1.26. The zero-order chi connectivity index (χ0) is 17.1. The van der Waals surface area contributed by atoms with Crippen LogP contribution in [0.2, 0.25) is 0 Å². The average molecular weight is 379 g/mol. The number of carbonyl (C=O) groups excluding carboxylic acids is 1. The van der Waals surface area contributed by atoms with Gasteiger partial charge in [0.15, 0.2) is 4.34 Å². The van der Waals surface area contributed by atoms with Gasteiger partial charge in [-0.3, -0.25) is 4.79 Å². The quantitative estimate of drug-likeness (QED) is 0.795. The molecule has 0 bridgehead atoms. The van der Waals surface area contributed by atoms with Crippen molar-refractivity contribution in [3.05, 3.63) is 21.0 Å². The first-order valence-electron chi connectivity index (χ1n) is 7.84. The minimum Gasteiger partial charge on any atom is -0.317 e. The maximum absolute atomic E-state index is 12.2. The van der Waals surface area contributed by atoms with E-state index in [1.807, 2.05) is 6.92 Å². The smallest absolute Gasteiger partial charge is 0.225 e. The van der Waals surface area contributed by atoms with Crippen molar-refractivity contribution in [3.8, 4) is 6.07 Å². The average Bonchev–Trinajstić information content (AvgIpc) is 3.09. The molecule has 1 amide bonds. The number of amides is 1. The first-order valence-corrected chi connectivity index (χ1v) is 10.5. The Labute approximate surface area is 153 Å². The number of aromatic nitrogens is 2. The molecule has 0 saturated carbocycles. The second kappa shape index (κ2) is 7.64. The van der Waals surface area contributed by atoms with E-state index in [0.717, 1.165) is 39.2 Å². The number of nitriles is 1. The van der Waals surface area contributed by atoms with E-state index in [-0.39, 0.29) is 5.91 Å². The Kier molecular flexibility index (Phi) is 5.54. The second-order valence-corrected chi connectivity index (χ2v) is 9.53. The highest BCUT2D eigenvalue weighted by atomic mass is 32.2. The van der Waals surface area contributed by atoms with E-state index < -0.39 is 0 Å². The van der Waals surface area contributed by atoms with Crippen LogP contribution < -0.4 is 5.32 Å². The van der Waals surface area contributed by atoms with Crippen LogP contribution in [-0.2, 0) is 17.6 Å². The fraction of sp³-hybridized carbons (Fsp3) is 0.500. The molecule has 2 aromatic heterocycles. The summed E-state index contributed by atoms with van der Waals surface area (Å²) in [6, 6.07) is 2.28. The van der Waals surface area contributed by atoms with Gasteiger partial charge in [0.05, 0.1) is 5.56 Å². The van der Waals surface area contributed by atoms with Crippen LogP contribution in [0.5, 0.6) is 0 Å². The Morgan fingerprint density at radius 1 is 1.46 bits per heavy atom. The van der Waals surface area contributed by atoms with Crippen molar-refractivity contribution < 1.29 is 4.79 Å². The second-order valence-electron chi connectivity index (χ2n) is 5.90. The van der Waals surface area contributed by atoms with E-state index in [1.54, 1.807) is 23.1 Å². The zero-order valence-electron chi connectivity index (χ0n) is 13.6. The Morgan fingerprint density at radius 3 is 3.00 bits per heavy atom. The summed E-state index contributed by atoms with van der Waals surface area (Å²) in [4.78, 5) is 13.5. The zero-order valence-corrected chi connectivity index (χ0v) is 16.0. The molecule has 1 N–H and O–H groups in total. The van der Waals surface area contributed by atoms with Crippen LogP contribution in [0.15, 0.2) is 4.34 Å². The molecule has 24 heavy (non-hydrogen) atoms. The van der Waals surface area contributed by atoms with E-state index in [4.69, 9.17) is 0 Å². The molecule has 5 nitrogen and oxygen atoms in total. The topological polar surface area (TPSA) is 78.7 Å². The number of nitrogens with zero attached hydrogens (tertiary/aromatic N) is 3. The minimum absolute atomic E-state index is 0.0492. The van der Waals surface area contributed by atoms with Crippen LogP contribution >= 0.6 is 34.4 Å². The molecule has 0 radical (unpaired) electrons. The Morgan fingerprint density at radius 2 is 2.29 bits per heavy atom. The Balaban J connectivity index is 1.59. The van der Waals surface area contributed by atoms with E-state index in [9.17, 15) is 10.1 Å². The Hall–Kier alpha value is -1.43. The lowest BCUT2D eigenvalue weighted by molar-refractivity contribution is -0.115. The highest BCUT2D eigenvalue weighted by Crippen LogP contribution is 2.39. The van der Waals surface area contributed by atoms with Crippen LogP contribution in [0, 0.1) is 24.2 Å². The molecule has 0 spiro atoms. The van der Waals surface area contributed by atoms with Crippen molar-refractivity contribution >= 4 is 45.3 Å². The van der Waals surface area contributed by atoms with Gasteiger partial charge in [0.25, 0.3) is 0 Å². The number of fused-ring (bicyclic) bond motifs is 1. The van der Waals surface area contributed by atoms with Gasteiger partial charge < -0.3 is 5.32 Å². The number of aryl methyl sites for hydroxylation is 1. The SMILES string of the molecule is Cc1nnc(SCCC(=O)Nc2sc3c(c2C#N)CCC(C)C3)s1. The number of hydrogen-bond donors (Lipinski definition) is 1. The lowest BCUT2D eigenvalue weighted by Crippen LogP contribution is -2.12. The van der Waals surface area contributed by atoms with Crippen LogP contribution in [0.25, 0.3) is 0 Å². The fourth-order valence-electron chi connectivity index (χ4n) is 2.71. The standard InChI is InChI=1S/C16H18N4OS3/c1-9-3-4-11-12(8-17)15(24-13(11)7-9)18-14(21)5-6-22-16-20-19-10(2)23-16/h9H,3-7H2,1-2H3,(H,18,21). The van der Waals surface area contributed by atoms with Crippen LogP contribution in [0.1, 0.15) is 40.8 Å². The molecule has 8 heteroatoms. The third kappa shape index (κ3) is 3.97. The van der Waals surface area contributed by atoms with E-state index >= 15 is 0 Å². The molecule has 1 aliphatic rings. The van der Waals surface area contributed by atoms with Gasteiger partial charge >= 0.3 is 0 Å². The van der Waals surface area contributed by atoms with Gasteiger partial charge in [0, 0.05) is 17.1 Å². The number of nitrogens with one attached hydrogen (secondary N) is 1. The fourth-order valence-corrected chi connectivity index (χ4v) is 5.92. The van der Waals surface area contributed by atoms with Crippen LogP contribution in [-0.4, -0.2) is 21.9 Å². The molecule has 1 atom stereocenters. The van der Waals surface area contributed by atoms with Crippen LogP contribution in [0.3, 0.4) is 0 Å². The molecule has 1 unspecified atom stereocenters. The van der Waals surface area contributed by atoms with Crippen molar-refractivity contribution in [1.29, 1.82) is 5.26 Å². The molecule has 1 aliphatic carbocycles. The van der Waals surface area contributed by atoms with Gasteiger partial charge in [-0.15, -0.1) is 21.5 Å². The number of carbonyl (C=O) groups is 1. The van der Waals surface area contributed by atoms with Gasteiger partial charge in [-0.2, -0.15) is 5.26 Å². The number of anilines is 1. The maximum atomic E-state index is 12.2. The van der Waals surface area contributed by atoms with Gasteiger partial charge in [-0.1, -0.05) is 30.0 Å². The third-order valence-electron chi connectivity index (χ3n) is 3.94. The van der Waals surface area contributed by atoms with E-state index in [1.165, 1.54) is 16.2 Å². The third-order valence-corrected chi connectivity index (χ3v) is 7.08. The molecule has 0 aliphatic heterocycles. The van der Waals surface area contributed by atoms with E-state index in [2.05, 4.69) is 28.5 Å². The molecular weight excluding hydrogens is 360 g/mol. The summed E-state index contributed by atoms with van der Waals surface area (Å²) in [5.41, 5.74) is 1.82.